The molecule has 1 aliphatic rings. The van der Waals surface area contributed by atoms with Crippen LogP contribution in [-0.2, 0) is 7.05 Å². The van der Waals surface area contributed by atoms with Crippen molar-refractivity contribution in [1.29, 1.82) is 0 Å². The van der Waals surface area contributed by atoms with Gasteiger partial charge in [-0.15, -0.1) is 0 Å². The van der Waals surface area contributed by atoms with Gasteiger partial charge >= 0.3 is 0 Å². The number of rotatable bonds is 2. The van der Waals surface area contributed by atoms with Crippen LogP contribution in [-0.4, -0.2) is 17.4 Å². The molecule has 1 aromatic heterocycles. The smallest absolute Gasteiger partial charge is 0.254 e. The van der Waals surface area contributed by atoms with E-state index in [9.17, 15) is 4.79 Å². The number of amides is 1. The highest BCUT2D eigenvalue weighted by Gasteiger charge is 2.29. The summed E-state index contributed by atoms with van der Waals surface area (Å²) in [5.74, 6) is 0.145. The van der Waals surface area contributed by atoms with Gasteiger partial charge in [-0.2, -0.15) is 0 Å². The molecule has 1 aliphatic heterocycles. The summed E-state index contributed by atoms with van der Waals surface area (Å²) in [6.07, 6.45) is 7.47. The van der Waals surface area contributed by atoms with Gasteiger partial charge in [0.05, 0.1) is 6.04 Å². The van der Waals surface area contributed by atoms with Gasteiger partial charge in [0.2, 0.25) is 0 Å². The molecule has 0 unspecified atom stereocenters. The molecule has 1 saturated heterocycles. The molecule has 3 heteroatoms. The molecule has 0 saturated carbocycles. The molecule has 3 rings (SSSR count). The molecule has 1 atom stereocenters. The molecule has 2 heterocycles. The Kier molecular flexibility index (Phi) is 4.00. The summed E-state index contributed by atoms with van der Waals surface area (Å²) in [6.45, 7) is 0.844. The Bertz CT molecular complexity index is 624. The third-order valence-electron chi connectivity index (χ3n) is 4.13. The van der Waals surface area contributed by atoms with Gasteiger partial charge in [-0.05, 0) is 37.5 Å². The molecule has 3 nitrogen and oxygen atoms in total. The zero-order chi connectivity index (χ0) is 14.7. The normalized spacial score (nSPS) is 18.5. The Morgan fingerprint density at radius 3 is 2.71 bits per heavy atom. The number of carbonyl (C=O) groups is 1. The van der Waals surface area contributed by atoms with Crippen LogP contribution in [0.3, 0.4) is 0 Å². The third-order valence-corrected chi connectivity index (χ3v) is 4.13. The monoisotopic (exact) mass is 281 g/mol. The van der Waals surface area contributed by atoms with E-state index in [1.54, 1.807) is 0 Å². The fourth-order valence-corrected chi connectivity index (χ4v) is 3.08. The number of nitrogens with zero attached hydrogens (tertiary/aromatic N) is 2. The van der Waals surface area contributed by atoms with Crippen LogP contribution in [0.2, 0.25) is 0 Å². The van der Waals surface area contributed by atoms with Crippen LogP contribution in [0.25, 0.3) is 0 Å². The van der Waals surface area contributed by atoms with Crippen molar-refractivity contribution in [3.8, 4) is 0 Å². The second kappa shape index (κ2) is 6.08. The van der Waals surface area contributed by atoms with Gasteiger partial charge in [-0.1, -0.05) is 18.2 Å². The molecule has 1 aromatic carbocycles. The molecule has 1 fully saturated rings. The highest BCUT2D eigenvalue weighted by molar-refractivity contribution is 5.94. The van der Waals surface area contributed by atoms with Gasteiger partial charge in [0.1, 0.15) is 7.05 Å². The van der Waals surface area contributed by atoms with E-state index in [1.165, 1.54) is 12.0 Å². The predicted octanol–water partition coefficient (Wildman–Crippen LogP) is 2.88. The number of aromatic nitrogens is 1. The van der Waals surface area contributed by atoms with Gasteiger partial charge < -0.3 is 4.90 Å². The zero-order valence-corrected chi connectivity index (χ0v) is 12.4. The van der Waals surface area contributed by atoms with E-state index < -0.39 is 0 Å². The van der Waals surface area contributed by atoms with E-state index in [4.69, 9.17) is 0 Å². The van der Waals surface area contributed by atoms with Crippen molar-refractivity contribution in [2.24, 2.45) is 7.05 Å². The average Bonchev–Trinajstić information content (AvgIpc) is 2.55. The zero-order valence-electron chi connectivity index (χ0n) is 12.4. The number of aryl methyl sites for hydroxylation is 1. The molecular formula is C18H21N2O+. The molecule has 0 N–H and O–H groups in total. The Morgan fingerprint density at radius 2 is 1.95 bits per heavy atom. The summed E-state index contributed by atoms with van der Waals surface area (Å²) >= 11 is 0. The van der Waals surface area contributed by atoms with Crippen LogP contribution in [0.15, 0.2) is 54.9 Å². The highest BCUT2D eigenvalue weighted by atomic mass is 16.2. The SMILES string of the molecule is C[n+]1cccc([C@@H]2CCCCN2C(=O)c2ccccc2)c1. The lowest BCUT2D eigenvalue weighted by Gasteiger charge is -2.35. The Hall–Kier alpha value is -2.16. The first-order chi connectivity index (χ1) is 10.3. The van der Waals surface area contributed by atoms with Crippen LogP contribution in [0.5, 0.6) is 0 Å². The number of benzene rings is 1. The van der Waals surface area contributed by atoms with Crippen molar-refractivity contribution >= 4 is 5.91 Å². The van der Waals surface area contributed by atoms with E-state index >= 15 is 0 Å². The second-order valence-electron chi connectivity index (χ2n) is 5.68. The molecular weight excluding hydrogens is 260 g/mol. The van der Waals surface area contributed by atoms with Gasteiger partial charge in [0, 0.05) is 23.7 Å². The minimum atomic E-state index is 0.145. The third kappa shape index (κ3) is 2.97. The Balaban J connectivity index is 1.90. The minimum absolute atomic E-state index is 0.145. The number of likely N-dealkylation sites (tertiary alicyclic amines) is 1. The number of piperidine rings is 1. The summed E-state index contributed by atoms with van der Waals surface area (Å²) in [5.41, 5.74) is 2.01. The van der Waals surface area contributed by atoms with Crippen LogP contribution in [0.4, 0.5) is 0 Å². The van der Waals surface area contributed by atoms with Crippen molar-refractivity contribution in [2.75, 3.05) is 6.54 Å². The van der Waals surface area contributed by atoms with Gasteiger partial charge in [0.25, 0.3) is 5.91 Å². The van der Waals surface area contributed by atoms with Crippen molar-refractivity contribution in [1.82, 2.24) is 4.90 Å². The van der Waals surface area contributed by atoms with E-state index in [0.717, 1.165) is 24.9 Å². The molecule has 21 heavy (non-hydrogen) atoms. The summed E-state index contributed by atoms with van der Waals surface area (Å²) in [5, 5.41) is 0. The van der Waals surface area contributed by atoms with Gasteiger partial charge in [0.15, 0.2) is 12.4 Å². The summed E-state index contributed by atoms with van der Waals surface area (Å²) in [7, 11) is 2.02. The Labute approximate surface area is 125 Å². The van der Waals surface area contributed by atoms with E-state index in [0.29, 0.717) is 0 Å². The number of carbonyl (C=O) groups excluding carboxylic acids is 1. The maximum atomic E-state index is 12.8. The lowest BCUT2D eigenvalue weighted by atomic mass is 9.95. The van der Waals surface area contributed by atoms with Crippen molar-refractivity contribution < 1.29 is 9.36 Å². The summed E-state index contributed by atoms with van der Waals surface area (Å²) < 4.78 is 2.05. The van der Waals surface area contributed by atoms with Crippen LogP contribution in [0.1, 0.15) is 41.2 Å². The Morgan fingerprint density at radius 1 is 1.14 bits per heavy atom. The molecule has 0 spiro atoms. The average molecular weight is 281 g/mol. The molecule has 1 amide bonds. The van der Waals surface area contributed by atoms with E-state index in [1.807, 2.05) is 48.5 Å². The van der Waals surface area contributed by atoms with Crippen molar-refractivity contribution in [3.05, 3.63) is 66.0 Å². The van der Waals surface area contributed by atoms with Crippen molar-refractivity contribution in [3.63, 3.8) is 0 Å². The fourth-order valence-electron chi connectivity index (χ4n) is 3.08. The number of hydrogen-bond donors (Lipinski definition) is 0. The van der Waals surface area contributed by atoms with Crippen LogP contribution < -0.4 is 4.57 Å². The topological polar surface area (TPSA) is 24.2 Å². The second-order valence-corrected chi connectivity index (χ2v) is 5.68. The molecule has 0 radical (unpaired) electrons. The summed E-state index contributed by atoms with van der Waals surface area (Å²) in [6, 6.07) is 14.0. The maximum Gasteiger partial charge on any atom is 0.254 e. The fraction of sp³-hybridized carbons (Fsp3) is 0.333. The largest absolute Gasteiger partial charge is 0.331 e. The quantitative estimate of drug-likeness (QED) is 0.777. The lowest BCUT2D eigenvalue weighted by molar-refractivity contribution is -0.672. The van der Waals surface area contributed by atoms with Crippen LogP contribution in [0, 0.1) is 0 Å². The van der Waals surface area contributed by atoms with Gasteiger partial charge in [-0.3, -0.25) is 4.79 Å². The van der Waals surface area contributed by atoms with Crippen molar-refractivity contribution in [2.45, 2.75) is 25.3 Å². The highest BCUT2D eigenvalue weighted by Crippen LogP contribution is 2.31. The first-order valence-corrected chi connectivity index (χ1v) is 7.57. The minimum Gasteiger partial charge on any atom is -0.331 e. The number of hydrogen-bond acceptors (Lipinski definition) is 1. The molecule has 108 valence electrons. The molecule has 2 aromatic rings. The summed E-state index contributed by atoms with van der Waals surface area (Å²) in [4.78, 5) is 14.8. The van der Waals surface area contributed by atoms with Crippen LogP contribution >= 0.6 is 0 Å². The first-order valence-electron chi connectivity index (χ1n) is 7.57. The molecule has 0 bridgehead atoms. The van der Waals surface area contributed by atoms with E-state index in [-0.39, 0.29) is 11.9 Å². The van der Waals surface area contributed by atoms with Gasteiger partial charge in [-0.25, -0.2) is 4.57 Å². The predicted molar refractivity (Wildman–Crippen MR) is 81.7 cm³/mol. The maximum absolute atomic E-state index is 12.8. The van der Waals surface area contributed by atoms with E-state index in [2.05, 4.69) is 22.9 Å². The standard InChI is InChI=1S/C18H21N2O/c1-19-12-7-10-16(14-19)17-11-5-6-13-20(17)18(21)15-8-3-2-4-9-15/h2-4,7-10,12,14,17H,5-6,11,13H2,1H3/q+1/t17-/m0/s1. The number of pyridine rings is 1. The first kappa shape index (κ1) is 13.8. The lowest BCUT2D eigenvalue weighted by Crippen LogP contribution is -2.39. The molecule has 0 aliphatic carbocycles.